The second-order valence-electron chi connectivity index (χ2n) is 7.39. The van der Waals surface area contributed by atoms with Crippen LogP contribution in [0.1, 0.15) is 18.4 Å². The summed E-state index contributed by atoms with van der Waals surface area (Å²) in [5.41, 5.74) is 1.98. The van der Waals surface area contributed by atoms with Crippen LogP contribution in [-0.4, -0.2) is 48.4 Å². The zero-order valence-corrected chi connectivity index (χ0v) is 18.6. The van der Waals surface area contributed by atoms with E-state index < -0.39 is 0 Å². The molecule has 11 heteroatoms. The van der Waals surface area contributed by atoms with Gasteiger partial charge in [-0.1, -0.05) is 40.7 Å². The minimum atomic E-state index is -0.341. The molecule has 0 radical (unpaired) electrons. The van der Waals surface area contributed by atoms with Gasteiger partial charge in [0.05, 0.1) is 20.3 Å². The second kappa shape index (κ2) is 9.14. The van der Waals surface area contributed by atoms with Gasteiger partial charge >= 0.3 is 0 Å². The minimum Gasteiger partial charge on any atom is -0.493 e. The molecule has 0 aliphatic rings. The summed E-state index contributed by atoms with van der Waals surface area (Å²) in [6.07, 6.45) is 1.43. The topological polar surface area (TPSA) is 123 Å². The van der Waals surface area contributed by atoms with E-state index in [9.17, 15) is 4.79 Å². The van der Waals surface area contributed by atoms with Crippen molar-refractivity contribution < 1.29 is 14.0 Å². The zero-order chi connectivity index (χ0) is 23.5. The van der Waals surface area contributed by atoms with Gasteiger partial charge in [-0.15, -0.1) is 5.10 Å². The lowest BCUT2D eigenvalue weighted by atomic mass is 10.2. The van der Waals surface area contributed by atoms with Crippen LogP contribution < -0.4 is 15.0 Å². The van der Waals surface area contributed by atoms with E-state index in [1.165, 1.54) is 10.9 Å². The molecule has 2 aromatic carbocycles. The fourth-order valence-corrected chi connectivity index (χ4v) is 3.53. The van der Waals surface area contributed by atoms with Crippen molar-refractivity contribution in [2.24, 2.45) is 0 Å². The number of ether oxygens (including phenoxy) is 2. The molecule has 0 spiro atoms. The Morgan fingerprint density at radius 3 is 2.71 bits per heavy atom. The second-order valence-corrected chi connectivity index (χ2v) is 7.39. The summed E-state index contributed by atoms with van der Waals surface area (Å²) < 4.78 is 19.2. The molecule has 34 heavy (non-hydrogen) atoms. The van der Waals surface area contributed by atoms with E-state index in [2.05, 4.69) is 25.4 Å². The van der Waals surface area contributed by atoms with Gasteiger partial charge in [0.15, 0.2) is 22.7 Å². The van der Waals surface area contributed by atoms with Crippen molar-refractivity contribution in [1.82, 2.24) is 34.7 Å². The van der Waals surface area contributed by atoms with Crippen molar-refractivity contribution in [3.05, 3.63) is 76.7 Å². The van der Waals surface area contributed by atoms with E-state index in [-0.39, 0.29) is 23.5 Å². The Bertz CT molecular complexity index is 1490. The molecule has 3 aromatic heterocycles. The molecule has 0 aliphatic carbocycles. The third-order valence-electron chi connectivity index (χ3n) is 5.16. The first-order valence-electron chi connectivity index (χ1n) is 10.6. The van der Waals surface area contributed by atoms with Crippen molar-refractivity contribution in [3.8, 4) is 22.9 Å². The maximum Gasteiger partial charge on any atom is 0.283 e. The lowest BCUT2D eigenvalue weighted by molar-refractivity contribution is 0.311. The Morgan fingerprint density at radius 2 is 1.91 bits per heavy atom. The van der Waals surface area contributed by atoms with E-state index in [0.29, 0.717) is 41.7 Å². The normalized spacial score (nSPS) is 11.1. The summed E-state index contributed by atoms with van der Waals surface area (Å²) in [5, 5.41) is 12.2. The number of methoxy groups -OCH3 is 1. The fraction of sp³-hybridized carbons (Fsp3) is 0.217. The quantitative estimate of drug-likeness (QED) is 0.344. The van der Waals surface area contributed by atoms with Gasteiger partial charge in [-0.3, -0.25) is 9.36 Å². The van der Waals surface area contributed by atoms with Gasteiger partial charge in [-0.25, -0.2) is 9.67 Å². The summed E-state index contributed by atoms with van der Waals surface area (Å²) in [6.45, 7) is 2.94. The van der Waals surface area contributed by atoms with Crippen LogP contribution in [0.4, 0.5) is 0 Å². The minimum absolute atomic E-state index is 0.0501. The first-order valence-corrected chi connectivity index (χ1v) is 10.6. The number of benzene rings is 2. The van der Waals surface area contributed by atoms with Crippen molar-refractivity contribution in [2.45, 2.75) is 20.0 Å². The lowest BCUT2D eigenvalue weighted by Crippen LogP contribution is -2.21. The third-order valence-corrected chi connectivity index (χ3v) is 5.16. The molecular formula is C23H21N7O4. The van der Waals surface area contributed by atoms with Crippen LogP contribution in [0.2, 0.25) is 0 Å². The lowest BCUT2D eigenvalue weighted by Gasteiger charge is -2.09. The highest BCUT2D eigenvalue weighted by Gasteiger charge is 2.16. The Kier molecular flexibility index (Phi) is 5.73. The molecule has 11 nitrogen and oxygen atoms in total. The van der Waals surface area contributed by atoms with Crippen LogP contribution in [0.3, 0.4) is 0 Å². The molecule has 0 N–H and O–H groups in total. The standard InChI is InChI=1S/C23H21N7O4/c1-3-33-17-10-9-16(11-18(17)32-2)21-25-19(34-27-21)13-29-14-24-22-20(23(29)31)26-28-30(22)12-15-7-5-4-6-8-15/h4-11,14H,3,12-13H2,1-2H3. The smallest absolute Gasteiger partial charge is 0.283 e. The van der Waals surface area contributed by atoms with Gasteiger partial charge in [-0.2, -0.15) is 4.98 Å². The summed E-state index contributed by atoms with van der Waals surface area (Å²) >= 11 is 0. The average molecular weight is 459 g/mol. The molecule has 0 atom stereocenters. The van der Waals surface area contributed by atoms with Gasteiger partial charge in [-0.05, 0) is 30.7 Å². The van der Waals surface area contributed by atoms with Crippen molar-refractivity contribution >= 4 is 11.2 Å². The molecule has 172 valence electrons. The van der Waals surface area contributed by atoms with Gasteiger partial charge in [0.2, 0.25) is 11.7 Å². The molecule has 5 rings (SSSR count). The number of hydrogen-bond donors (Lipinski definition) is 0. The first-order chi connectivity index (χ1) is 16.7. The van der Waals surface area contributed by atoms with Crippen LogP contribution in [0, 0.1) is 0 Å². The monoisotopic (exact) mass is 459 g/mol. The molecule has 0 saturated heterocycles. The van der Waals surface area contributed by atoms with Crippen LogP contribution in [0.15, 0.2) is 64.2 Å². The van der Waals surface area contributed by atoms with E-state index in [1.807, 2.05) is 43.3 Å². The van der Waals surface area contributed by atoms with Crippen molar-refractivity contribution in [2.75, 3.05) is 13.7 Å². The van der Waals surface area contributed by atoms with Gasteiger partial charge < -0.3 is 14.0 Å². The van der Waals surface area contributed by atoms with E-state index in [4.69, 9.17) is 14.0 Å². The average Bonchev–Trinajstić information content (AvgIpc) is 3.50. The first kappa shape index (κ1) is 21.3. The largest absolute Gasteiger partial charge is 0.493 e. The van der Waals surface area contributed by atoms with Gasteiger partial charge in [0, 0.05) is 5.56 Å². The molecule has 0 unspecified atom stereocenters. The van der Waals surface area contributed by atoms with Crippen molar-refractivity contribution in [3.63, 3.8) is 0 Å². The number of nitrogens with zero attached hydrogens (tertiary/aromatic N) is 7. The summed E-state index contributed by atoms with van der Waals surface area (Å²) in [5.74, 6) is 1.81. The maximum absolute atomic E-state index is 12.9. The highest BCUT2D eigenvalue weighted by molar-refractivity contribution is 5.67. The van der Waals surface area contributed by atoms with Crippen LogP contribution in [-0.2, 0) is 13.1 Å². The zero-order valence-electron chi connectivity index (χ0n) is 18.6. The Balaban J connectivity index is 1.38. The van der Waals surface area contributed by atoms with Gasteiger partial charge in [0.1, 0.15) is 12.9 Å². The van der Waals surface area contributed by atoms with Crippen molar-refractivity contribution in [1.29, 1.82) is 0 Å². The number of aromatic nitrogens is 7. The summed E-state index contributed by atoms with van der Waals surface area (Å²) in [7, 11) is 1.56. The Labute approximate surface area is 193 Å². The van der Waals surface area contributed by atoms with E-state index >= 15 is 0 Å². The molecule has 0 bridgehead atoms. The van der Waals surface area contributed by atoms with E-state index in [1.54, 1.807) is 23.9 Å². The molecule has 0 saturated carbocycles. The molecule has 0 aliphatic heterocycles. The molecule has 0 fully saturated rings. The van der Waals surface area contributed by atoms with Crippen LogP contribution in [0.25, 0.3) is 22.6 Å². The highest BCUT2D eigenvalue weighted by Crippen LogP contribution is 2.31. The fourth-order valence-electron chi connectivity index (χ4n) is 3.53. The number of fused-ring (bicyclic) bond motifs is 1. The molecule has 3 heterocycles. The predicted molar refractivity (Wildman–Crippen MR) is 122 cm³/mol. The predicted octanol–water partition coefficient (Wildman–Crippen LogP) is 2.54. The van der Waals surface area contributed by atoms with E-state index in [0.717, 1.165) is 5.56 Å². The number of hydrogen-bond acceptors (Lipinski definition) is 9. The highest BCUT2D eigenvalue weighted by atomic mass is 16.5. The summed E-state index contributed by atoms with van der Waals surface area (Å²) in [6, 6.07) is 15.1. The van der Waals surface area contributed by atoms with Gasteiger partial charge in [0.25, 0.3) is 5.56 Å². The Hall–Kier alpha value is -4.54. The third kappa shape index (κ3) is 4.10. The summed E-state index contributed by atoms with van der Waals surface area (Å²) in [4.78, 5) is 21.7. The van der Waals surface area contributed by atoms with Crippen LogP contribution in [0.5, 0.6) is 11.5 Å². The number of rotatable bonds is 8. The molecule has 5 aromatic rings. The Morgan fingerprint density at radius 1 is 1.06 bits per heavy atom. The van der Waals surface area contributed by atoms with Crippen LogP contribution >= 0.6 is 0 Å². The molecular weight excluding hydrogens is 438 g/mol. The maximum atomic E-state index is 12.9. The SMILES string of the molecule is CCOc1ccc(-c2noc(Cn3cnc4c(nnn4Cc4ccccc4)c3=O)n2)cc1OC. The molecule has 0 amide bonds.